The molecule has 0 spiro atoms. The maximum Gasteiger partial charge on any atom is 0.319 e. The summed E-state index contributed by atoms with van der Waals surface area (Å²) in [6, 6.07) is 7.42. The highest BCUT2D eigenvalue weighted by Crippen LogP contribution is 2.31. The number of imidazole rings is 1. The van der Waals surface area contributed by atoms with Crippen molar-refractivity contribution >= 4 is 17.6 Å². The zero-order chi connectivity index (χ0) is 18.8. The average molecular weight is 367 g/mol. The highest BCUT2D eigenvalue weighted by atomic mass is 16.2. The first-order chi connectivity index (χ1) is 13.1. The van der Waals surface area contributed by atoms with Crippen molar-refractivity contribution in [3.8, 4) is 5.69 Å². The molecule has 4 rings (SSSR count). The topological polar surface area (TPSA) is 79.3 Å². The molecule has 0 bridgehead atoms. The van der Waals surface area contributed by atoms with Gasteiger partial charge >= 0.3 is 6.03 Å². The highest BCUT2D eigenvalue weighted by molar-refractivity contribution is 5.89. The third kappa shape index (κ3) is 4.13. The number of urea groups is 1. The summed E-state index contributed by atoms with van der Waals surface area (Å²) in [4.78, 5) is 30.7. The van der Waals surface area contributed by atoms with Crippen molar-refractivity contribution in [3.05, 3.63) is 42.5 Å². The predicted molar refractivity (Wildman–Crippen MR) is 103 cm³/mol. The molecule has 27 heavy (non-hydrogen) atoms. The van der Waals surface area contributed by atoms with E-state index in [-0.39, 0.29) is 23.9 Å². The van der Waals surface area contributed by atoms with Gasteiger partial charge in [0.1, 0.15) is 5.82 Å². The zero-order valence-corrected chi connectivity index (χ0v) is 15.5. The maximum absolute atomic E-state index is 12.3. The number of benzene rings is 1. The van der Waals surface area contributed by atoms with Crippen molar-refractivity contribution in [2.75, 3.05) is 18.4 Å². The SMILES string of the molecule is Cc1nccn1-c1ccc(NC(=O)NC2CCCN(C(=O)C3CC3)C2)cc1. The third-order valence-electron chi connectivity index (χ3n) is 5.22. The lowest BCUT2D eigenvalue weighted by atomic mass is 10.1. The van der Waals surface area contributed by atoms with Crippen LogP contribution >= 0.6 is 0 Å². The molecule has 7 nitrogen and oxygen atoms in total. The van der Waals surface area contributed by atoms with Crippen LogP contribution in [0.4, 0.5) is 10.5 Å². The Morgan fingerprint density at radius 2 is 1.93 bits per heavy atom. The van der Waals surface area contributed by atoms with Gasteiger partial charge in [0.05, 0.1) is 0 Å². The number of hydrogen-bond donors (Lipinski definition) is 2. The number of aromatic nitrogens is 2. The van der Waals surface area contributed by atoms with Crippen molar-refractivity contribution < 1.29 is 9.59 Å². The fraction of sp³-hybridized carbons (Fsp3) is 0.450. The second-order valence-corrected chi connectivity index (χ2v) is 7.39. The molecular weight excluding hydrogens is 342 g/mol. The molecule has 2 fully saturated rings. The lowest BCUT2D eigenvalue weighted by Crippen LogP contribution is -2.50. The van der Waals surface area contributed by atoms with Crippen LogP contribution in [0, 0.1) is 12.8 Å². The van der Waals surface area contributed by atoms with Crippen LogP contribution in [-0.4, -0.2) is 45.5 Å². The van der Waals surface area contributed by atoms with Crippen molar-refractivity contribution in [3.63, 3.8) is 0 Å². The Morgan fingerprint density at radius 1 is 1.15 bits per heavy atom. The molecule has 1 aromatic carbocycles. The van der Waals surface area contributed by atoms with Crippen LogP contribution in [0.15, 0.2) is 36.7 Å². The van der Waals surface area contributed by atoms with E-state index in [0.717, 1.165) is 49.4 Å². The Labute approximate surface area is 158 Å². The molecule has 1 atom stereocenters. The Bertz CT molecular complexity index is 825. The van der Waals surface area contributed by atoms with E-state index in [1.54, 1.807) is 6.20 Å². The normalized spacial score (nSPS) is 19.6. The number of nitrogens with zero attached hydrogens (tertiary/aromatic N) is 3. The third-order valence-corrected chi connectivity index (χ3v) is 5.22. The summed E-state index contributed by atoms with van der Waals surface area (Å²) in [5.41, 5.74) is 1.73. The number of aryl methyl sites for hydroxylation is 1. The second-order valence-electron chi connectivity index (χ2n) is 7.39. The summed E-state index contributed by atoms with van der Waals surface area (Å²) in [5.74, 6) is 1.40. The van der Waals surface area contributed by atoms with E-state index >= 15 is 0 Å². The van der Waals surface area contributed by atoms with Crippen molar-refractivity contribution in [2.24, 2.45) is 5.92 Å². The van der Waals surface area contributed by atoms with Crippen LogP contribution < -0.4 is 10.6 Å². The van der Waals surface area contributed by atoms with Gasteiger partial charge in [0.15, 0.2) is 0 Å². The molecule has 2 heterocycles. The minimum Gasteiger partial charge on any atom is -0.340 e. The number of hydrogen-bond acceptors (Lipinski definition) is 3. The summed E-state index contributed by atoms with van der Waals surface area (Å²) in [6.45, 7) is 3.37. The van der Waals surface area contributed by atoms with E-state index in [1.165, 1.54) is 0 Å². The molecule has 7 heteroatoms. The average Bonchev–Trinajstić information content (AvgIpc) is 3.43. The first kappa shape index (κ1) is 17.6. The van der Waals surface area contributed by atoms with Gasteiger partial charge in [-0.2, -0.15) is 0 Å². The fourth-order valence-corrected chi connectivity index (χ4v) is 3.59. The fourth-order valence-electron chi connectivity index (χ4n) is 3.59. The number of likely N-dealkylation sites (tertiary alicyclic amines) is 1. The first-order valence-electron chi connectivity index (χ1n) is 9.57. The number of amides is 3. The van der Waals surface area contributed by atoms with Gasteiger partial charge in [-0.25, -0.2) is 9.78 Å². The molecule has 1 saturated heterocycles. The van der Waals surface area contributed by atoms with Crippen molar-refractivity contribution in [1.82, 2.24) is 19.8 Å². The van der Waals surface area contributed by atoms with Gasteiger partial charge in [0.2, 0.25) is 5.91 Å². The van der Waals surface area contributed by atoms with E-state index in [9.17, 15) is 9.59 Å². The lowest BCUT2D eigenvalue weighted by Gasteiger charge is -2.33. The summed E-state index contributed by atoms with van der Waals surface area (Å²) in [7, 11) is 0. The van der Waals surface area contributed by atoms with E-state index in [0.29, 0.717) is 6.54 Å². The monoisotopic (exact) mass is 367 g/mol. The molecule has 2 aliphatic rings. The van der Waals surface area contributed by atoms with Gasteiger partial charge < -0.3 is 20.1 Å². The molecule has 0 radical (unpaired) electrons. The first-order valence-corrected chi connectivity index (χ1v) is 9.57. The van der Waals surface area contributed by atoms with Gasteiger partial charge in [-0.05, 0) is 56.9 Å². The van der Waals surface area contributed by atoms with Gasteiger partial charge in [0.25, 0.3) is 0 Å². The molecule has 3 amide bonds. The molecule has 1 saturated carbocycles. The van der Waals surface area contributed by atoms with Crippen LogP contribution in [0.3, 0.4) is 0 Å². The van der Waals surface area contributed by atoms with Crippen molar-refractivity contribution in [2.45, 2.75) is 38.6 Å². The molecule has 142 valence electrons. The standard InChI is InChI=1S/C20H25N5O2/c1-14-21-10-12-25(14)18-8-6-16(7-9-18)22-20(27)23-17-3-2-11-24(13-17)19(26)15-4-5-15/h6-10,12,15,17H,2-5,11,13H2,1H3,(H2,22,23,27). The van der Waals surface area contributed by atoms with Gasteiger partial charge in [-0.15, -0.1) is 0 Å². The molecule has 1 unspecified atom stereocenters. The smallest absolute Gasteiger partial charge is 0.319 e. The minimum atomic E-state index is -0.229. The van der Waals surface area contributed by atoms with Crippen LogP contribution in [0.25, 0.3) is 5.69 Å². The zero-order valence-electron chi connectivity index (χ0n) is 15.5. The van der Waals surface area contributed by atoms with Gasteiger partial charge in [0, 0.05) is 48.8 Å². The molecular formula is C20H25N5O2. The molecule has 1 aliphatic heterocycles. The largest absolute Gasteiger partial charge is 0.340 e. The summed E-state index contributed by atoms with van der Waals surface area (Å²) in [6.07, 6.45) is 7.53. The summed E-state index contributed by atoms with van der Waals surface area (Å²) >= 11 is 0. The number of piperidine rings is 1. The number of anilines is 1. The number of carbonyl (C=O) groups excluding carboxylic acids is 2. The second kappa shape index (κ2) is 7.42. The molecule has 1 aromatic heterocycles. The van der Waals surface area contributed by atoms with Crippen LogP contribution in [-0.2, 0) is 4.79 Å². The van der Waals surface area contributed by atoms with Gasteiger partial charge in [-0.3, -0.25) is 4.79 Å². The minimum absolute atomic E-state index is 0.00863. The van der Waals surface area contributed by atoms with Crippen LogP contribution in [0.1, 0.15) is 31.5 Å². The van der Waals surface area contributed by atoms with E-state index in [2.05, 4.69) is 15.6 Å². The Morgan fingerprint density at radius 3 is 2.59 bits per heavy atom. The van der Waals surface area contributed by atoms with E-state index in [1.807, 2.05) is 46.9 Å². The lowest BCUT2D eigenvalue weighted by molar-refractivity contribution is -0.133. The van der Waals surface area contributed by atoms with Crippen molar-refractivity contribution in [1.29, 1.82) is 0 Å². The Balaban J connectivity index is 1.31. The van der Waals surface area contributed by atoms with E-state index in [4.69, 9.17) is 0 Å². The number of rotatable bonds is 4. The quantitative estimate of drug-likeness (QED) is 0.872. The van der Waals surface area contributed by atoms with Crippen LogP contribution in [0.5, 0.6) is 0 Å². The summed E-state index contributed by atoms with van der Waals surface area (Å²) < 4.78 is 1.98. The number of nitrogens with one attached hydrogen (secondary N) is 2. The van der Waals surface area contributed by atoms with Crippen LogP contribution in [0.2, 0.25) is 0 Å². The van der Waals surface area contributed by atoms with Gasteiger partial charge in [-0.1, -0.05) is 0 Å². The predicted octanol–water partition coefficient (Wildman–Crippen LogP) is 2.70. The maximum atomic E-state index is 12.3. The Kier molecular flexibility index (Phi) is 4.83. The number of carbonyl (C=O) groups is 2. The summed E-state index contributed by atoms with van der Waals surface area (Å²) in [5, 5.41) is 5.88. The highest BCUT2D eigenvalue weighted by Gasteiger charge is 2.35. The Hall–Kier alpha value is -2.83. The molecule has 2 N–H and O–H groups in total. The molecule has 1 aliphatic carbocycles. The molecule has 2 aromatic rings. The van der Waals surface area contributed by atoms with E-state index < -0.39 is 0 Å².